The summed E-state index contributed by atoms with van der Waals surface area (Å²) in [6.07, 6.45) is 1.78. The number of rotatable bonds is 3. The van der Waals surface area contributed by atoms with Gasteiger partial charge in [0.05, 0.1) is 43.8 Å². The molecule has 4 rings (SSSR count). The number of carbonyl (C=O) groups is 1. The number of hydrogen-bond acceptors (Lipinski definition) is 7. The number of ether oxygens (including phenoxy) is 2. The molecule has 136 valence electrons. The second kappa shape index (κ2) is 7.09. The van der Waals surface area contributed by atoms with Crippen molar-refractivity contribution in [2.45, 2.75) is 12.6 Å². The highest BCUT2D eigenvalue weighted by molar-refractivity contribution is 6.28. The highest BCUT2D eigenvalue weighted by Gasteiger charge is 2.34. The first-order chi connectivity index (χ1) is 12.7. The standard InChI is InChI=1S/C18H19ClN4O3/c1-25-17(24)13-4-2-12(3-5-13)9-22-10-14-11-26-7-6-23(14)16-15(22)8-20-18(19)21-16/h2-5,8,14H,6-7,9-11H2,1H3. The Labute approximate surface area is 156 Å². The molecule has 0 spiro atoms. The summed E-state index contributed by atoms with van der Waals surface area (Å²) < 4.78 is 10.4. The molecule has 2 aliphatic heterocycles. The van der Waals surface area contributed by atoms with Crippen LogP contribution in [0.3, 0.4) is 0 Å². The van der Waals surface area contributed by atoms with Gasteiger partial charge in [-0.15, -0.1) is 0 Å². The van der Waals surface area contributed by atoms with Gasteiger partial charge in [0.15, 0.2) is 5.82 Å². The highest BCUT2D eigenvalue weighted by atomic mass is 35.5. The summed E-state index contributed by atoms with van der Waals surface area (Å²) in [4.78, 5) is 24.7. The molecule has 3 heterocycles. The van der Waals surface area contributed by atoms with Gasteiger partial charge in [0.1, 0.15) is 0 Å². The van der Waals surface area contributed by atoms with Gasteiger partial charge in [-0.2, -0.15) is 4.98 Å². The van der Waals surface area contributed by atoms with E-state index in [9.17, 15) is 4.79 Å². The lowest BCUT2D eigenvalue weighted by atomic mass is 10.1. The first kappa shape index (κ1) is 17.1. The van der Waals surface area contributed by atoms with Crippen LogP contribution in [0.15, 0.2) is 30.5 Å². The third-order valence-electron chi connectivity index (χ3n) is 4.74. The number of anilines is 2. The van der Waals surface area contributed by atoms with Crippen molar-refractivity contribution in [1.82, 2.24) is 9.97 Å². The van der Waals surface area contributed by atoms with E-state index in [-0.39, 0.29) is 17.3 Å². The molecule has 0 N–H and O–H groups in total. The fraction of sp³-hybridized carbons (Fsp3) is 0.389. The molecule has 2 aliphatic rings. The molecule has 1 saturated heterocycles. The van der Waals surface area contributed by atoms with E-state index in [1.807, 2.05) is 12.1 Å². The quantitative estimate of drug-likeness (QED) is 0.602. The molecule has 1 fully saturated rings. The van der Waals surface area contributed by atoms with Crippen LogP contribution in [-0.4, -0.2) is 55.4 Å². The number of benzene rings is 1. The van der Waals surface area contributed by atoms with E-state index in [1.54, 1.807) is 18.3 Å². The van der Waals surface area contributed by atoms with Gasteiger partial charge in [-0.1, -0.05) is 12.1 Å². The third-order valence-corrected chi connectivity index (χ3v) is 4.92. The van der Waals surface area contributed by atoms with Gasteiger partial charge in [-0.25, -0.2) is 9.78 Å². The van der Waals surface area contributed by atoms with Crippen molar-refractivity contribution in [2.75, 3.05) is 43.2 Å². The van der Waals surface area contributed by atoms with Gasteiger partial charge < -0.3 is 19.3 Å². The zero-order chi connectivity index (χ0) is 18.1. The van der Waals surface area contributed by atoms with Crippen LogP contribution in [0.25, 0.3) is 0 Å². The number of halogens is 1. The van der Waals surface area contributed by atoms with Gasteiger partial charge in [0, 0.05) is 19.6 Å². The fourth-order valence-corrected chi connectivity index (χ4v) is 3.58. The molecule has 1 aromatic carbocycles. The first-order valence-electron chi connectivity index (χ1n) is 8.45. The first-order valence-corrected chi connectivity index (χ1v) is 8.82. The molecule has 7 nitrogen and oxygen atoms in total. The van der Waals surface area contributed by atoms with Crippen molar-refractivity contribution in [1.29, 1.82) is 0 Å². The summed E-state index contributed by atoms with van der Waals surface area (Å²) in [6.45, 7) is 3.65. The summed E-state index contributed by atoms with van der Waals surface area (Å²) in [7, 11) is 1.38. The Morgan fingerprint density at radius 2 is 2.19 bits per heavy atom. The summed E-state index contributed by atoms with van der Waals surface area (Å²) in [6, 6.07) is 7.66. The minimum absolute atomic E-state index is 0.233. The zero-order valence-corrected chi connectivity index (χ0v) is 15.1. The molecule has 0 saturated carbocycles. The van der Waals surface area contributed by atoms with E-state index in [1.165, 1.54) is 7.11 Å². The highest BCUT2D eigenvalue weighted by Crippen LogP contribution is 2.35. The molecule has 1 unspecified atom stereocenters. The van der Waals surface area contributed by atoms with Crippen LogP contribution in [0.5, 0.6) is 0 Å². The van der Waals surface area contributed by atoms with Gasteiger partial charge in [0.25, 0.3) is 0 Å². The Morgan fingerprint density at radius 3 is 2.96 bits per heavy atom. The van der Waals surface area contributed by atoms with Gasteiger partial charge in [-0.3, -0.25) is 0 Å². The van der Waals surface area contributed by atoms with E-state index in [0.29, 0.717) is 25.3 Å². The molecule has 0 bridgehead atoms. The van der Waals surface area contributed by atoms with E-state index in [4.69, 9.17) is 21.1 Å². The SMILES string of the molecule is COC(=O)c1ccc(CN2CC3COCCN3c3nc(Cl)ncc32)cc1. The van der Waals surface area contributed by atoms with Crippen LogP contribution in [0.4, 0.5) is 11.5 Å². The molecule has 2 aromatic rings. The predicted molar refractivity (Wildman–Crippen MR) is 97.8 cm³/mol. The molecule has 26 heavy (non-hydrogen) atoms. The van der Waals surface area contributed by atoms with Gasteiger partial charge in [-0.05, 0) is 29.3 Å². The van der Waals surface area contributed by atoms with Crippen LogP contribution < -0.4 is 9.80 Å². The average Bonchev–Trinajstić information content (AvgIpc) is 2.68. The Balaban J connectivity index is 1.61. The van der Waals surface area contributed by atoms with E-state index in [2.05, 4.69) is 19.8 Å². The number of hydrogen-bond donors (Lipinski definition) is 0. The third kappa shape index (κ3) is 3.20. The normalized spacial score (nSPS) is 18.9. The number of esters is 1. The smallest absolute Gasteiger partial charge is 0.337 e. The molecular formula is C18H19ClN4O3. The Kier molecular flexibility index (Phi) is 4.65. The van der Waals surface area contributed by atoms with Crippen LogP contribution >= 0.6 is 11.6 Å². The number of morpholine rings is 1. The molecule has 0 aliphatic carbocycles. The monoisotopic (exact) mass is 374 g/mol. The summed E-state index contributed by atoms with van der Waals surface area (Å²) in [5, 5.41) is 0.248. The molecule has 0 radical (unpaired) electrons. The van der Waals surface area contributed by atoms with E-state index < -0.39 is 0 Å². The minimum Gasteiger partial charge on any atom is -0.465 e. The summed E-state index contributed by atoms with van der Waals surface area (Å²) in [5.74, 6) is 0.522. The minimum atomic E-state index is -0.335. The number of fused-ring (bicyclic) bond motifs is 3. The van der Waals surface area contributed by atoms with Crippen molar-refractivity contribution in [3.63, 3.8) is 0 Å². The predicted octanol–water partition coefficient (Wildman–Crippen LogP) is 2.14. The fourth-order valence-electron chi connectivity index (χ4n) is 3.45. The lowest BCUT2D eigenvalue weighted by molar-refractivity contribution is 0.0600. The number of carbonyl (C=O) groups excluding carboxylic acids is 1. The maximum absolute atomic E-state index is 11.6. The lowest BCUT2D eigenvalue weighted by Gasteiger charge is -2.45. The van der Waals surface area contributed by atoms with E-state index in [0.717, 1.165) is 30.2 Å². The second-order valence-electron chi connectivity index (χ2n) is 6.34. The summed E-state index contributed by atoms with van der Waals surface area (Å²) in [5.41, 5.74) is 2.59. The van der Waals surface area contributed by atoms with Crippen molar-refractivity contribution in [2.24, 2.45) is 0 Å². The van der Waals surface area contributed by atoms with Crippen LogP contribution in [0.2, 0.25) is 5.28 Å². The molecular weight excluding hydrogens is 356 g/mol. The molecule has 1 aromatic heterocycles. The number of nitrogens with zero attached hydrogens (tertiary/aromatic N) is 4. The van der Waals surface area contributed by atoms with Crippen molar-refractivity contribution in [3.8, 4) is 0 Å². The van der Waals surface area contributed by atoms with Crippen molar-refractivity contribution >= 4 is 29.1 Å². The van der Waals surface area contributed by atoms with E-state index >= 15 is 0 Å². The Morgan fingerprint density at radius 1 is 1.38 bits per heavy atom. The van der Waals surface area contributed by atoms with Crippen LogP contribution in [0.1, 0.15) is 15.9 Å². The Hall–Kier alpha value is -2.38. The van der Waals surface area contributed by atoms with Gasteiger partial charge in [0.2, 0.25) is 5.28 Å². The molecule has 0 amide bonds. The maximum atomic E-state index is 11.6. The maximum Gasteiger partial charge on any atom is 0.337 e. The van der Waals surface area contributed by atoms with Crippen molar-refractivity contribution in [3.05, 3.63) is 46.9 Å². The summed E-state index contributed by atoms with van der Waals surface area (Å²) >= 11 is 6.03. The van der Waals surface area contributed by atoms with Gasteiger partial charge >= 0.3 is 5.97 Å². The number of methoxy groups -OCH3 is 1. The number of aromatic nitrogens is 2. The average molecular weight is 375 g/mol. The zero-order valence-electron chi connectivity index (χ0n) is 14.4. The second-order valence-corrected chi connectivity index (χ2v) is 6.68. The van der Waals surface area contributed by atoms with Crippen molar-refractivity contribution < 1.29 is 14.3 Å². The Bertz CT molecular complexity index is 815. The molecule has 1 atom stereocenters. The topological polar surface area (TPSA) is 67.8 Å². The van der Waals surface area contributed by atoms with Crippen LogP contribution in [-0.2, 0) is 16.0 Å². The largest absolute Gasteiger partial charge is 0.465 e. The van der Waals surface area contributed by atoms with Crippen LogP contribution in [0, 0.1) is 0 Å². The lowest BCUT2D eigenvalue weighted by Crippen LogP contribution is -2.55. The molecule has 8 heteroatoms.